The molecule has 31 heavy (non-hydrogen) atoms. The van der Waals surface area contributed by atoms with Crippen LogP contribution >= 0.6 is 0 Å². The summed E-state index contributed by atoms with van der Waals surface area (Å²) >= 11 is 0. The van der Waals surface area contributed by atoms with E-state index in [0.29, 0.717) is 22.3 Å². The van der Waals surface area contributed by atoms with Crippen LogP contribution in [-0.2, 0) is 9.84 Å². The fourth-order valence-electron chi connectivity index (χ4n) is 3.55. The lowest BCUT2D eigenvalue weighted by molar-refractivity contribution is 0.562. The van der Waals surface area contributed by atoms with Gasteiger partial charge in [-0.2, -0.15) is 5.10 Å². The van der Waals surface area contributed by atoms with E-state index in [9.17, 15) is 13.2 Å². The molecule has 5 rings (SSSR count). The van der Waals surface area contributed by atoms with Crippen molar-refractivity contribution in [2.24, 2.45) is 0 Å². The number of aromatic nitrogens is 3. The van der Waals surface area contributed by atoms with Crippen molar-refractivity contribution in [3.8, 4) is 11.3 Å². The maximum Gasteiger partial charge on any atom is 0.345 e. The number of sulfone groups is 1. The fourth-order valence-corrected chi connectivity index (χ4v) is 4.94. The highest BCUT2D eigenvalue weighted by Gasteiger charge is 2.27. The molecule has 3 aromatic heterocycles. The number of para-hydroxylation sites is 1. The second kappa shape index (κ2) is 6.88. The molecule has 0 fully saturated rings. The molecular formula is C23H17N3O4S. The van der Waals surface area contributed by atoms with Crippen LogP contribution in [0.3, 0.4) is 0 Å². The van der Waals surface area contributed by atoms with Crippen LogP contribution in [0.1, 0.15) is 11.3 Å². The van der Waals surface area contributed by atoms with Crippen LogP contribution in [0.25, 0.3) is 27.9 Å². The quantitative estimate of drug-likeness (QED) is 0.402. The van der Waals surface area contributed by atoms with Crippen molar-refractivity contribution in [3.05, 3.63) is 88.5 Å². The number of nitrogens with zero attached hydrogens (tertiary/aromatic N) is 3. The smallest absolute Gasteiger partial charge is 0.345 e. The van der Waals surface area contributed by atoms with Gasteiger partial charge in [0.05, 0.1) is 22.3 Å². The van der Waals surface area contributed by atoms with Gasteiger partial charge in [-0.3, -0.25) is 0 Å². The van der Waals surface area contributed by atoms with Crippen LogP contribution in [-0.4, -0.2) is 23.0 Å². The van der Waals surface area contributed by atoms with Gasteiger partial charge in [0.15, 0.2) is 5.65 Å². The zero-order valence-corrected chi connectivity index (χ0v) is 17.6. The first-order valence-electron chi connectivity index (χ1n) is 9.55. The molecule has 0 aliphatic heterocycles. The highest BCUT2D eigenvalue weighted by molar-refractivity contribution is 7.91. The summed E-state index contributed by atoms with van der Waals surface area (Å²) in [6.07, 6.45) is 1.27. The highest BCUT2D eigenvalue weighted by atomic mass is 32.2. The third-order valence-corrected chi connectivity index (χ3v) is 6.86. The van der Waals surface area contributed by atoms with Crippen molar-refractivity contribution in [2.45, 2.75) is 23.6 Å². The number of hydrogen-bond donors (Lipinski definition) is 0. The minimum Gasteiger partial charge on any atom is -0.422 e. The number of rotatable bonds is 3. The summed E-state index contributed by atoms with van der Waals surface area (Å²) in [4.78, 5) is 17.2. The summed E-state index contributed by atoms with van der Waals surface area (Å²) in [7, 11) is -3.99. The lowest BCUT2D eigenvalue weighted by atomic mass is 10.1. The molecule has 154 valence electrons. The summed E-state index contributed by atoms with van der Waals surface area (Å²) in [5.74, 6) is 0. The average molecular weight is 431 g/mol. The van der Waals surface area contributed by atoms with Crippen molar-refractivity contribution >= 4 is 26.5 Å². The standard InChI is InChI=1S/C23H17N3O4S/c1-14-7-9-17(10-8-14)31(28,29)20-13-24-21-11-15(2)25-26(21)22(20)18-12-16-5-3-4-6-19(16)30-23(18)27/h3-13H,1-2H3. The summed E-state index contributed by atoms with van der Waals surface area (Å²) in [5, 5.41) is 5.07. The lowest BCUT2D eigenvalue weighted by Gasteiger charge is -2.12. The van der Waals surface area contributed by atoms with E-state index < -0.39 is 15.5 Å². The molecule has 8 heteroatoms. The summed E-state index contributed by atoms with van der Waals surface area (Å²) in [6, 6.07) is 16.9. The minimum absolute atomic E-state index is 0.0971. The molecule has 0 unspecified atom stereocenters. The third-order valence-electron chi connectivity index (χ3n) is 5.09. The maximum absolute atomic E-state index is 13.6. The van der Waals surface area contributed by atoms with Crippen LogP contribution in [0, 0.1) is 13.8 Å². The van der Waals surface area contributed by atoms with Crippen LogP contribution in [0.2, 0.25) is 0 Å². The van der Waals surface area contributed by atoms with Gasteiger partial charge in [-0.15, -0.1) is 0 Å². The van der Waals surface area contributed by atoms with Gasteiger partial charge in [0.2, 0.25) is 9.84 Å². The number of fused-ring (bicyclic) bond motifs is 2. The Balaban J connectivity index is 1.89. The fraction of sp³-hybridized carbons (Fsp3) is 0.0870. The van der Waals surface area contributed by atoms with Gasteiger partial charge in [-0.25, -0.2) is 22.7 Å². The lowest BCUT2D eigenvalue weighted by Crippen LogP contribution is -2.13. The molecule has 0 spiro atoms. The molecule has 0 N–H and O–H groups in total. The predicted molar refractivity (Wildman–Crippen MR) is 116 cm³/mol. The topological polar surface area (TPSA) is 94.5 Å². The summed E-state index contributed by atoms with van der Waals surface area (Å²) in [6.45, 7) is 3.65. The van der Waals surface area contributed by atoms with Crippen LogP contribution in [0.5, 0.6) is 0 Å². The molecule has 2 aromatic carbocycles. The first kappa shape index (κ1) is 19.2. The largest absolute Gasteiger partial charge is 0.422 e. The first-order valence-corrected chi connectivity index (χ1v) is 11.0. The molecular weight excluding hydrogens is 414 g/mol. The number of benzene rings is 2. The Morgan fingerprint density at radius 1 is 0.968 bits per heavy atom. The van der Waals surface area contributed by atoms with E-state index in [1.165, 1.54) is 22.8 Å². The molecule has 0 bridgehead atoms. The zero-order chi connectivity index (χ0) is 21.8. The normalized spacial score (nSPS) is 11.9. The Morgan fingerprint density at radius 3 is 2.48 bits per heavy atom. The molecule has 7 nitrogen and oxygen atoms in total. The van der Waals surface area contributed by atoms with E-state index in [1.54, 1.807) is 49.4 Å². The van der Waals surface area contributed by atoms with Gasteiger partial charge < -0.3 is 4.42 Å². The zero-order valence-electron chi connectivity index (χ0n) is 16.7. The third kappa shape index (κ3) is 3.12. The van der Waals surface area contributed by atoms with Crippen molar-refractivity contribution in [3.63, 3.8) is 0 Å². The Bertz CT molecular complexity index is 1630. The van der Waals surface area contributed by atoms with Crippen molar-refractivity contribution in [2.75, 3.05) is 0 Å². The van der Waals surface area contributed by atoms with Gasteiger partial charge in [0.1, 0.15) is 16.2 Å². The van der Waals surface area contributed by atoms with E-state index in [2.05, 4.69) is 10.1 Å². The minimum atomic E-state index is -3.99. The molecule has 0 aliphatic rings. The highest BCUT2D eigenvalue weighted by Crippen LogP contribution is 2.31. The molecule has 0 radical (unpaired) electrons. The molecule has 0 saturated carbocycles. The number of hydrogen-bond acceptors (Lipinski definition) is 6. The predicted octanol–water partition coefficient (Wildman–Crippen LogP) is 3.95. The van der Waals surface area contributed by atoms with Crippen molar-refractivity contribution < 1.29 is 12.8 Å². The average Bonchev–Trinajstić information content (AvgIpc) is 3.13. The Morgan fingerprint density at radius 2 is 1.71 bits per heavy atom. The van der Waals surface area contributed by atoms with E-state index in [1.807, 2.05) is 13.0 Å². The molecule has 0 atom stereocenters. The van der Waals surface area contributed by atoms with Crippen LogP contribution < -0.4 is 5.63 Å². The second-order valence-electron chi connectivity index (χ2n) is 7.33. The van der Waals surface area contributed by atoms with E-state index >= 15 is 0 Å². The van der Waals surface area contributed by atoms with Crippen molar-refractivity contribution in [1.29, 1.82) is 0 Å². The SMILES string of the molecule is Cc1ccc(S(=O)(=O)c2cnc3cc(C)nn3c2-c2cc3ccccc3oc2=O)cc1. The second-order valence-corrected chi connectivity index (χ2v) is 9.25. The maximum atomic E-state index is 13.6. The van der Waals surface area contributed by atoms with Crippen molar-refractivity contribution in [1.82, 2.24) is 14.6 Å². The Hall–Kier alpha value is -3.78. The van der Waals surface area contributed by atoms with Gasteiger partial charge in [-0.05, 0) is 38.1 Å². The molecule has 0 amide bonds. The van der Waals surface area contributed by atoms with Gasteiger partial charge in [-0.1, -0.05) is 35.9 Å². The molecule has 5 aromatic rings. The number of aryl methyl sites for hydroxylation is 2. The van der Waals surface area contributed by atoms with E-state index in [-0.39, 0.29) is 21.0 Å². The van der Waals surface area contributed by atoms with Crippen LogP contribution in [0.15, 0.2) is 85.9 Å². The molecule has 0 aliphatic carbocycles. The molecule has 3 heterocycles. The monoisotopic (exact) mass is 431 g/mol. The van der Waals surface area contributed by atoms with Crippen LogP contribution in [0.4, 0.5) is 0 Å². The summed E-state index contributed by atoms with van der Waals surface area (Å²) < 4.78 is 34.0. The van der Waals surface area contributed by atoms with Gasteiger partial charge >= 0.3 is 5.63 Å². The first-order chi connectivity index (χ1) is 14.8. The molecule has 0 saturated heterocycles. The summed E-state index contributed by atoms with van der Waals surface area (Å²) in [5.41, 5.74) is 2.00. The van der Waals surface area contributed by atoms with E-state index in [4.69, 9.17) is 4.42 Å². The van der Waals surface area contributed by atoms with Gasteiger partial charge in [0, 0.05) is 11.5 Å². The Kier molecular flexibility index (Phi) is 4.26. The van der Waals surface area contributed by atoms with Gasteiger partial charge in [0.25, 0.3) is 0 Å². The Labute approximate surface area is 177 Å². The van der Waals surface area contributed by atoms with E-state index in [0.717, 1.165) is 5.56 Å².